The van der Waals surface area contributed by atoms with E-state index >= 15 is 0 Å². The van der Waals surface area contributed by atoms with Crippen molar-refractivity contribution in [1.82, 2.24) is 10.6 Å². The molecule has 0 bridgehead atoms. The van der Waals surface area contributed by atoms with Gasteiger partial charge in [-0.05, 0) is 37.3 Å². The quantitative estimate of drug-likeness (QED) is 0.758. The lowest BCUT2D eigenvalue weighted by molar-refractivity contribution is -0.138. The highest BCUT2D eigenvalue weighted by atomic mass is 19.4. The van der Waals surface area contributed by atoms with E-state index in [0.717, 1.165) is 37.8 Å². The summed E-state index contributed by atoms with van der Waals surface area (Å²) in [5.41, 5.74) is -1.23. The summed E-state index contributed by atoms with van der Waals surface area (Å²) < 4.78 is 39.1. The molecule has 2 aliphatic rings. The van der Waals surface area contributed by atoms with Crippen molar-refractivity contribution in [3.8, 4) is 0 Å². The van der Waals surface area contributed by atoms with Crippen LogP contribution in [0.3, 0.4) is 0 Å². The fraction of sp³-hybridized carbons (Fsp3) is 0.579. The smallest absolute Gasteiger partial charge is 0.354 e. The maximum atomic E-state index is 13.0. The molecule has 2 aliphatic carbocycles. The number of halogens is 3. The molecule has 142 valence electrons. The van der Waals surface area contributed by atoms with Crippen LogP contribution in [0.5, 0.6) is 0 Å². The van der Waals surface area contributed by atoms with Crippen LogP contribution in [0.1, 0.15) is 49.7 Å². The normalized spacial score (nSPS) is 19.2. The van der Waals surface area contributed by atoms with Crippen molar-refractivity contribution in [2.75, 3.05) is 13.1 Å². The van der Waals surface area contributed by atoms with Gasteiger partial charge in [0, 0.05) is 19.0 Å². The molecule has 0 radical (unpaired) electrons. The third-order valence-electron chi connectivity index (χ3n) is 5.29. The van der Waals surface area contributed by atoms with E-state index in [-0.39, 0.29) is 24.3 Å². The fourth-order valence-electron chi connectivity index (χ4n) is 3.64. The summed E-state index contributed by atoms with van der Waals surface area (Å²) in [4.78, 5) is 24.4. The van der Waals surface area contributed by atoms with Crippen molar-refractivity contribution >= 4 is 11.8 Å². The van der Waals surface area contributed by atoms with Crippen LogP contribution in [-0.4, -0.2) is 24.9 Å². The van der Waals surface area contributed by atoms with E-state index in [0.29, 0.717) is 24.9 Å². The highest BCUT2D eigenvalue weighted by molar-refractivity contribution is 5.88. The molecule has 1 aromatic rings. The van der Waals surface area contributed by atoms with Gasteiger partial charge >= 0.3 is 6.18 Å². The van der Waals surface area contributed by atoms with Gasteiger partial charge in [-0.2, -0.15) is 13.2 Å². The summed E-state index contributed by atoms with van der Waals surface area (Å²) in [6.07, 6.45) is 0.0837. The van der Waals surface area contributed by atoms with E-state index in [1.54, 1.807) is 6.07 Å². The van der Waals surface area contributed by atoms with Crippen LogP contribution in [0.2, 0.25) is 0 Å². The summed E-state index contributed by atoms with van der Waals surface area (Å²) in [5, 5.41) is 5.57. The number of amides is 2. The Morgan fingerprint density at radius 1 is 1.08 bits per heavy atom. The third-order valence-corrected chi connectivity index (χ3v) is 5.29. The van der Waals surface area contributed by atoms with E-state index in [4.69, 9.17) is 0 Å². The predicted octanol–water partition coefficient (Wildman–Crippen LogP) is 3.16. The number of hydrogen-bond acceptors (Lipinski definition) is 2. The first-order chi connectivity index (χ1) is 12.3. The molecule has 0 spiro atoms. The van der Waals surface area contributed by atoms with Crippen molar-refractivity contribution in [2.24, 2.45) is 5.92 Å². The molecule has 1 aromatic carbocycles. The molecule has 3 rings (SSSR count). The molecule has 2 fully saturated rings. The highest BCUT2D eigenvalue weighted by Gasteiger charge is 2.43. The van der Waals surface area contributed by atoms with Crippen LogP contribution >= 0.6 is 0 Å². The lowest BCUT2D eigenvalue weighted by Crippen LogP contribution is -2.45. The van der Waals surface area contributed by atoms with Gasteiger partial charge in [0.2, 0.25) is 11.8 Å². The Hall–Kier alpha value is -2.05. The SMILES string of the molecule is O=C(NCCNC(=O)C1(c2cccc(C(F)(F)F)c2)CCCC1)C1CC1. The van der Waals surface area contributed by atoms with E-state index in [9.17, 15) is 22.8 Å². The van der Waals surface area contributed by atoms with Gasteiger partial charge < -0.3 is 10.6 Å². The molecule has 4 nitrogen and oxygen atoms in total. The molecule has 0 heterocycles. The first-order valence-corrected chi connectivity index (χ1v) is 9.07. The second-order valence-electron chi connectivity index (χ2n) is 7.19. The summed E-state index contributed by atoms with van der Waals surface area (Å²) in [6, 6.07) is 5.09. The van der Waals surface area contributed by atoms with Gasteiger partial charge in [-0.25, -0.2) is 0 Å². The zero-order valence-electron chi connectivity index (χ0n) is 14.5. The van der Waals surface area contributed by atoms with Crippen molar-refractivity contribution in [2.45, 2.75) is 50.1 Å². The summed E-state index contributed by atoms with van der Waals surface area (Å²) in [7, 11) is 0. The van der Waals surface area contributed by atoms with Crippen LogP contribution in [0.4, 0.5) is 13.2 Å². The second kappa shape index (κ2) is 7.29. The number of alkyl halides is 3. The Morgan fingerprint density at radius 3 is 2.35 bits per heavy atom. The molecule has 0 unspecified atom stereocenters. The van der Waals surface area contributed by atoms with Crippen molar-refractivity contribution in [3.05, 3.63) is 35.4 Å². The van der Waals surface area contributed by atoms with Crippen LogP contribution in [0.25, 0.3) is 0 Å². The third kappa shape index (κ3) is 4.02. The minimum Gasteiger partial charge on any atom is -0.354 e. The van der Waals surface area contributed by atoms with E-state index in [1.165, 1.54) is 6.07 Å². The van der Waals surface area contributed by atoms with E-state index in [1.807, 2.05) is 0 Å². The van der Waals surface area contributed by atoms with Crippen molar-refractivity contribution < 1.29 is 22.8 Å². The van der Waals surface area contributed by atoms with Crippen molar-refractivity contribution in [1.29, 1.82) is 0 Å². The molecule has 0 atom stereocenters. The number of rotatable bonds is 6. The Balaban J connectivity index is 1.67. The van der Waals surface area contributed by atoms with E-state index in [2.05, 4.69) is 10.6 Å². The zero-order chi connectivity index (χ0) is 18.8. The number of carbonyl (C=O) groups is 2. The standard InChI is InChI=1S/C19H23F3N2O2/c20-19(21,22)15-5-3-4-14(12-15)18(8-1-2-9-18)17(26)24-11-10-23-16(25)13-6-7-13/h3-5,12-13H,1-2,6-11H2,(H,23,25)(H,24,26). The Bertz CT molecular complexity index is 678. The molecule has 2 saturated carbocycles. The molecule has 0 saturated heterocycles. The number of benzene rings is 1. The largest absolute Gasteiger partial charge is 0.416 e. The van der Waals surface area contributed by atoms with Gasteiger partial charge in [-0.3, -0.25) is 9.59 Å². The minimum absolute atomic E-state index is 0.00714. The van der Waals surface area contributed by atoms with Gasteiger partial charge in [0.1, 0.15) is 0 Å². The molecule has 0 aromatic heterocycles. The van der Waals surface area contributed by atoms with Gasteiger partial charge in [0.25, 0.3) is 0 Å². The molecule has 0 aliphatic heterocycles. The Morgan fingerprint density at radius 2 is 1.73 bits per heavy atom. The number of nitrogens with one attached hydrogen (secondary N) is 2. The predicted molar refractivity (Wildman–Crippen MR) is 90.3 cm³/mol. The van der Waals surface area contributed by atoms with Crippen LogP contribution in [0, 0.1) is 5.92 Å². The average molecular weight is 368 g/mol. The number of carbonyl (C=O) groups excluding carboxylic acids is 2. The molecule has 2 N–H and O–H groups in total. The highest BCUT2D eigenvalue weighted by Crippen LogP contribution is 2.43. The fourth-order valence-corrected chi connectivity index (χ4v) is 3.64. The molecule has 2 amide bonds. The van der Waals surface area contributed by atoms with Gasteiger partial charge in [-0.15, -0.1) is 0 Å². The number of hydrogen-bond donors (Lipinski definition) is 2. The topological polar surface area (TPSA) is 58.2 Å². The molecular weight excluding hydrogens is 345 g/mol. The van der Waals surface area contributed by atoms with Crippen LogP contribution in [0.15, 0.2) is 24.3 Å². The Labute approximate surface area is 150 Å². The summed E-state index contributed by atoms with van der Waals surface area (Å²) in [5.74, 6) is -0.139. The average Bonchev–Trinajstić information content (AvgIpc) is 3.34. The summed E-state index contributed by atoms with van der Waals surface area (Å²) >= 11 is 0. The van der Waals surface area contributed by atoms with Gasteiger partial charge in [-0.1, -0.05) is 31.0 Å². The van der Waals surface area contributed by atoms with E-state index < -0.39 is 17.2 Å². The Kier molecular flexibility index (Phi) is 5.25. The maximum absolute atomic E-state index is 13.0. The first kappa shape index (κ1) is 18.7. The van der Waals surface area contributed by atoms with Crippen molar-refractivity contribution in [3.63, 3.8) is 0 Å². The first-order valence-electron chi connectivity index (χ1n) is 9.07. The monoisotopic (exact) mass is 368 g/mol. The summed E-state index contributed by atoms with van der Waals surface area (Å²) in [6.45, 7) is 0.609. The second-order valence-corrected chi connectivity index (χ2v) is 7.19. The van der Waals surface area contributed by atoms with Gasteiger partial charge in [0.05, 0.1) is 11.0 Å². The van der Waals surface area contributed by atoms with Crippen LogP contribution in [-0.2, 0) is 21.2 Å². The molecule has 7 heteroatoms. The van der Waals surface area contributed by atoms with Gasteiger partial charge in [0.15, 0.2) is 0 Å². The zero-order valence-corrected chi connectivity index (χ0v) is 14.5. The maximum Gasteiger partial charge on any atom is 0.416 e. The lowest BCUT2D eigenvalue weighted by atomic mass is 9.77. The molecular formula is C19H23F3N2O2. The minimum atomic E-state index is -4.43. The van der Waals surface area contributed by atoms with Crippen LogP contribution < -0.4 is 10.6 Å². The lowest BCUT2D eigenvalue weighted by Gasteiger charge is -2.29. The molecule has 26 heavy (non-hydrogen) atoms.